The van der Waals surface area contributed by atoms with Gasteiger partial charge in [0.2, 0.25) is 0 Å². The second kappa shape index (κ2) is 2.53. The number of allylic oxidation sites excluding steroid dienone is 2. The zero-order chi connectivity index (χ0) is 7.68. The van der Waals surface area contributed by atoms with Gasteiger partial charge >= 0.3 is 5.97 Å². The quantitative estimate of drug-likeness (QED) is 0.490. The van der Waals surface area contributed by atoms with Gasteiger partial charge in [0.1, 0.15) is 0 Å². The molecular formula is C9H10O2. The maximum atomic E-state index is 11.1. The standard InChI is InChI=1S/C9H10O2/c10-9-8-4-2-1-3-7(8)5-6-11-9/h3-4H,1-2,5-6H2. The van der Waals surface area contributed by atoms with Crippen LogP contribution in [-0.2, 0) is 9.53 Å². The Morgan fingerprint density at radius 2 is 2.09 bits per heavy atom. The van der Waals surface area contributed by atoms with Gasteiger partial charge < -0.3 is 4.74 Å². The van der Waals surface area contributed by atoms with E-state index in [4.69, 9.17) is 4.74 Å². The molecule has 2 nitrogen and oxygen atoms in total. The maximum Gasteiger partial charge on any atom is 0.338 e. The van der Waals surface area contributed by atoms with Crippen LogP contribution in [0.25, 0.3) is 0 Å². The van der Waals surface area contributed by atoms with Gasteiger partial charge in [-0.2, -0.15) is 0 Å². The summed E-state index contributed by atoms with van der Waals surface area (Å²) in [6, 6.07) is 0. The van der Waals surface area contributed by atoms with E-state index < -0.39 is 0 Å². The number of rotatable bonds is 0. The Labute approximate surface area is 65.5 Å². The largest absolute Gasteiger partial charge is 0.462 e. The van der Waals surface area contributed by atoms with Gasteiger partial charge in [0.25, 0.3) is 0 Å². The number of ether oxygens (including phenoxy) is 1. The van der Waals surface area contributed by atoms with E-state index in [1.807, 2.05) is 6.08 Å². The SMILES string of the molecule is O=C1OCCC2=CCCC=C12. The van der Waals surface area contributed by atoms with E-state index in [-0.39, 0.29) is 5.97 Å². The number of carbonyl (C=O) groups is 1. The second-order valence-corrected chi connectivity index (χ2v) is 2.81. The average molecular weight is 150 g/mol. The molecule has 0 atom stereocenters. The Morgan fingerprint density at radius 3 is 2.91 bits per heavy atom. The van der Waals surface area contributed by atoms with Crippen LogP contribution in [0.5, 0.6) is 0 Å². The summed E-state index contributed by atoms with van der Waals surface area (Å²) in [6.07, 6.45) is 7.09. The minimum atomic E-state index is -0.137. The predicted octanol–water partition coefficient (Wildman–Crippen LogP) is 1.58. The summed E-state index contributed by atoms with van der Waals surface area (Å²) in [4.78, 5) is 11.1. The fourth-order valence-corrected chi connectivity index (χ4v) is 1.51. The molecule has 0 bridgehead atoms. The van der Waals surface area contributed by atoms with Crippen molar-refractivity contribution in [3.05, 3.63) is 23.3 Å². The Kier molecular flexibility index (Phi) is 1.53. The number of fused-ring (bicyclic) bond motifs is 1. The molecule has 11 heavy (non-hydrogen) atoms. The van der Waals surface area contributed by atoms with Gasteiger partial charge in [0.15, 0.2) is 0 Å². The van der Waals surface area contributed by atoms with Crippen LogP contribution < -0.4 is 0 Å². The van der Waals surface area contributed by atoms with Gasteiger partial charge in [0, 0.05) is 6.42 Å². The highest BCUT2D eigenvalue weighted by Crippen LogP contribution is 2.26. The molecule has 1 aliphatic heterocycles. The molecule has 0 N–H and O–H groups in total. The summed E-state index contributed by atoms with van der Waals surface area (Å²) >= 11 is 0. The molecule has 1 fully saturated rings. The summed E-state index contributed by atoms with van der Waals surface area (Å²) < 4.78 is 4.90. The van der Waals surface area contributed by atoms with E-state index in [2.05, 4.69) is 6.08 Å². The van der Waals surface area contributed by atoms with Gasteiger partial charge in [-0.05, 0) is 18.4 Å². The fourth-order valence-electron chi connectivity index (χ4n) is 1.51. The first-order valence-electron chi connectivity index (χ1n) is 3.94. The van der Waals surface area contributed by atoms with E-state index >= 15 is 0 Å². The molecule has 2 rings (SSSR count). The normalized spacial score (nSPS) is 23.1. The first kappa shape index (κ1) is 6.65. The van der Waals surface area contributed by atoms with Gasteiger partial charge in [-0.25, -0.2) is 4.79 Å². The Bertz CT molecular complexity index is 248. The van der Waals surface area contributed by atoms with E-state index in [0.717, 1.165) is 24.8 Å². The summed E-state index contributed by atoms with van der Waals surface area (Å²) in [6.45, 7) is 0.558. The third-order valence-electron chi connectivity index (χ3n) is 2.08. The van der Waals surface area contributed by atoms with Crippen LogP contribution in [0.15, 0.2) is 23.3 Å². The summed E-state index contributed by atoms with van der Waals surface area (Å²) in [5, 5.41) is 0. The molecule has 0 radical (unpaired) electrons. The molecule has 2 aliphatic rings. The molecule has 2 heteroatoms. The van der Waals surface area contributed by atoms with Crippen molar-refractivity contribution in [3.63, 3.8) is 0 Å². The molecule has 1 heterocycles. The minimum absolute atomic E-state index is 0.137. The zero-order valence-corrected chi connectivity index (χ0v) is 6.30. The summed E-state index contributed by atoms with van der Waals surface area (Å²) in [5.74, 6) is -0.137. The van der Waals surface area contributed by atoms with Crippen molar-refractivity contribution in [1.29, 1.82) is 0 Å². The molecule has 0 unspecified atom stereocenters. The lowest BCUT2D eigenvalue weighted by Crippen LogP contribution is -2.19. The van der Waals surface area contributed by atoms with Gasteiger partial charge in [-0.3, -0.25) is 0 Å². The summed E-state index contributed by atoms with van der Waals surface area (Å²) in [7, 11) is 0. The van der Waals surface area contributed by atoms with Crippen molar-refractivity contribution in [1.82, 2.24) is 0 Å². The topological polar surface area (TPSA) is 26.3 Å². The number of hydrogen-bond acceptors (Lipinski definition) is 2. The Hall–Kier alpha value is -1.05. The highest BCUT2D eigenvalue weighted by atomic mass is 16.5. The minimum Gasteiger partial charge on any atom is -0.462 e. The van der Waals surface area contributed by atoms with Crippen molar-refractivity contribution in [2.75, 3.05) is 6.61 Å². The Balaban J connectivity index is 2.31. The van der Waals surface area contributed by atoms with Crippen LogP contribution in [-0.4, -0.2) is 12.6 Å². The molecule has 0 saturated carbocycles. The van der Waals surface area contributed by atoms with E-state index in [0.29, 0.717) is 6.61 Å². The molecule has 0 spiro atoms. The third-order valence-corrected chi connectivity index (χ3v) is 2.08. The zero-order valence-electron chi connectivity index (χ0n) is 6.30. The van der Waals surface area contributed by atoms with Gasteiger partial charge in [-0.15, -0.1) is 0 Å². The molecule has 0 aromatic rings. The van der Waals surface area contributed by atoms with Gasteiger partial charge in [-0.1, -0.05) is 12.2 Å². The lowest BCUT2D eigenvalue weighted by atomic mass is 9.94. The number of carbonyl (C=O) groups excluding carboxylic acids is 1. The van der Waals surface area contributed by atoms with Crippen molar-refractivity contribution >= 4 is 5.97 Å². The first-order valence-corrected chi connectivity index (χ1v) is 3.94. The van der Waals surface area contributed by atoms with Crippen molar-refractivity contribution in [2.45, 2.75) is 19.3 Å². The smallest absolute Gasteiger partial charge is 0.338 e. The van der Waals surface area contributed by atoms with Crippen molar-refractivity contribution < 1.29 is 9.53 Å². The molecule has 1 aliphatic carbocycles. The van der Waals surface area contributed by atoms with E-state index in [9.17, 15) is 4.79 Å². The average Bonchev–Trinajstić information content (AvgIpc) is 2.06. The highest BCUT2D eigenvalue weighted by Gasteiger charge is 2.22. The molecule has 0 aromatic carbocycles. The maximum absolute atomic E-state index is 11.1. The monoisotopic (exact) mass is 150 g/mol. The molecule has 1 saturated heterocycles. The fraction of sp³-hybridized carbons (Fsp3) is 0.444. The van der Waals surface area contributed by atoms with Crippen LogP contribution in [0.3, 0.4) is 0 Å². The number of cyclic esters (lactones) is 1. The van der Waals surface area contributed by atoms with E-state index in [1.165, 1.54) is 5.57 Å². The van der Waals surface area contributed by atoms with Gasteiger partial charge in [0.05, 0.1) is 12.2 Å². The Morgan fingerprint density at radius 1 is 1.27 bits per heavy atom. The third kappa shape index (κ3) is 1.09. The van der Waals surface area contributed by atoms with Crippen LogP contribution in [0.4, 0.5) is 0 Å². The van der Waals surface area contributed by atoms with Crippen LogP contribution in [0.2, 0.25) is 0 Å². The lowest BCUT2D eigenvalue weighted by molar-refractivity contribution is -0.140. The highest BCUT2D eigenvalue weighted by molar-refractivity contribution is 5.94. The molecular weight excluding hydrogens is 140 g/mol. The molecule has 0 amide bonds. The second-order valence-electron chi connectivity index (χ2n) is 2.81. The molecule has 0 aromatic heterocycles. The first-order chi connectivity index (χ1) is 5.38. The number of esters is 1. The number of hydrogen-bond donors (Lipinski definition) is 0. The molecule has 58 valence electrons. The lowest BCUT2D eigenvalue weighted by Gasteiger charge is -2.20. The predicted molar refractivity (Wildman–Crippen MR) is 41.0 cm³/mol. The van der Waals surface area contributed by atoms with Crippen molar-refractivity contribution in [3.8, 4) is 0 Å². The van der Waals surface area contributed by atoms with Crippen LogP contribution >= 0.6 is 0 Å². The van der Waals surface area contributed by atoms with Crippen LogP contribution in [0, 0.1) is 0 Å². The van der Waals surface area contributed by atoms with Crippen LogP contribution in [0.1, 0.15) is 19.3 Å². The van der Waals surface area contributed by atoms with E-state index in [1.54, 1.807) is 0 Å². The summed E-state index contributed by atoms with van der Waals surface area (Å²) in [5.41, 5.74) is 2.00. The van der Waals surface area contributed by atoms with Crippen molar-refractivity contribution in [2.24, 2.45) is 0 Å².